The second kappa shape index (κ2) is 183. The molecule has 0 unspecified atom stereocenters. The van der Waals surface area contributed by atoms with Crippen molar-refractivity contribution in [3.8, 4) is 0 Å². The molecular formula is C2H12N2RuS2. The molecular weight excluding hydrogens is 217 g/mol. The van der Waals surface area contributed by atoms with E-state index >= 15 is 0 Å². The number of nitrogens with two attached hydrogens (primary N) is 2. The number of rotatable bonds is 0. The molecule has 0 aromatic carbocycles. The van der Waals surface area contributed by atoms with Crippen molar-refractivity contribution in [3.05, 3.63) is 27.2 Å². The van der Waals surface area contributed by atoms with E-state index in [9.17, 15) is 0 Å². The third-order valence-corrected chi connectivity index (χ3v) is 0. The van der Waals surface area contributed by atoms with Gasteiger partial charge in [0, 0.05) is 0 Å². The zero-order chi connectivity index (χ0) is 0. The number of hydrogen-bond acceptors (Lipinski definition) is 2. The smallest absolute Gasteiger partial charge is 0.813 e. The van der Waals surface area contributed by atoms with Crippen LogP contribution in [0.4, 0.5) is 0 Å². The first kappa shape index (κ1) is 280. The van der Waals surface area contributed by atoms with Crippen LogP contribution in [0, 0.1) is 14.9 Å². The Morgan fingerprint density at radius 3 is 0.571 bits per heavy atom. The molecule has 0 aromatic rings. The Hall–Kier alpha value is 1.24. The summed E-state index contributed by atoms with van der Waals surface area (Å²) in [5, 5.41) is 0. The normalized spacial score (nSPS) is 0. The van der Waals surface area contributed by atoms with Crippen molar-refractivity contribution in [1.82, 2.24) is 0 Å². The minimum Gasteiger partial charge on any atom is -0.813 e. The zero-order valence-corrected chi connectivity index (χ0v) is 7.93. The molecule has 0 atom stereocenters. The van der Waals surface area contributed by atoms with Crippen LogP contribution in [0.25, 0.3) is 12.3 Å². The maximum Gasteiger partial charge on any atom is 6.00 e. The average Bonchev–Trinajstić information content (AvgIpc) is 0. The molecule has 0 saturated carbocycles. The van der Waals surface area contributed by atoms with E-state index in [1.165, 1.54) is 0 Å². The van der Waals surface area contributed by atoms with E-state index in [2.05, 4.69) is 0 Å². The molecule has 7 heavy (non-hydrogen) atoms. The first-order valence-electron chi connectivity index (χ1n) is 0. The molecule has 0 radical (unpaired) electrons. The number of thiol groups is 2. The van der Waals surface area contributed by atoms with Gasteiger partial charge < -0.3 is 54.1 Å². The van der Waals surface area contributed by atoms with Crippen molar-refractivity contribution >= 4 is 27.0 Å². The fourth-order valence-corrected chi connectivity index (χ4v) is 0. The van der Waals surface area contributed by atoms with E-state index in [-0.39, 0.29) is 73.6 Å². The Kier molecular flexibility index (Phi) is 7300. The first-order valence-corrected chi connectivity index (χ1v) is 0. The van der Waals surface area contributed by atoms with Crippen molar-refractivity contribution in [2.45, 2.75) is 0 Å². The monoisotopic (exact) mass is 230 g/mol. The molecule has 0 rings (SSSR count). The molecule has 0 amide bonds. The largest absolute Gasteiger partial charge is 6.00 e. The van der Waals surface area contributed by atoms with Gasteiger partial charge in [-0.05, 0) is 0 Å². The van der Waals surface area contributed by atoms with Crippen LogP contribution >= 0.6 is 0 Å². The Labute approximate surface area is 73.7 Å². The molecule has 0 aliphatic heterocycles. The molecule has 0 aromatic heterocycles. The van der Waals surface area contributed by atoms with Crippen LogP contribution in [-0.4, -0.2) is 0 Å². The van der Waals surface area contributed by atoms with Gasteiger partial charge >= 0.3 is 19.5 Å². The summed E-state index contributed by atoms with van der Waals surface area (Å²) >= 11 is 0. The van der Waals surface area contributed by atoms with Gasteiger partial charge in [-0.1, -0.05) is 0 Å². The minimum absolute atomic E-state index is 0. The van der Waals surface area contributed by atoms with Crippen molar-refractivity contribution in [2.75, 3.05) is 0 Å². The van der Waals surface area contributed by atoms with Crippen molar-refractivity contribution in [3.63, 3.8) is 0 Å². The quantitative estimate of drug-likeness (QED) is 0.275. The second-order valence-electron chi connectivity index (χ2n) is 0. The summed E-state index contributed by atoms with van der Waals surface area (Å²) in [5.41, 5.74) is 0. The molecule has 0 heterocycles. The van der Waals surface area contributed by atoms with Gasteiger partial charge in [0.25, 0.3) is 0 Å². The molecule has 5 heteroatoms. The van der Waals surface area contributed by atoms with E-state index in [4.69, 9.17) is 0 Å². The summed E-state index contributed by atoms with van der Waals surface area (Å²) in [6.07, 6.45) is 0. The molecule has 0 aliphatic carbocycles. The van der Waals surface area contributed by atoms with Crippen molar-refractivity contribution in [2.24, 2.45) is 0 Å². The predicted molar refractivity (Wildman–Crippen MR) is 40.9 cm³/mol. The third-order valence-electron chi connectivity index (χ3n) is 0. The first-order chi connectivity index (χ1) is 0. The average molecular weight is 229 g/mol. The molecule has 0 spiro atoms. The van der Waals surface area contributed by atoms with Crippen LogP contribution in [-0.2, 0) is 46.5 Å². The van der Waals surface area contributed by atoms with Gasteiger partial charge in [-0.15, -0.1) is 0 Å². The van der Waals surface area contributed by atoms with Crippen LogP contribution in [0.2, 0.25) is 0 Å². The third kappa shape index (κ3) is 129. The Morgan fingerprint density at radius 1 is 0.571 bits per heavy atom. The predicted octanol–water partition coefficient (Wildman–Crippen LogP) is 1.79. The molecule has 4 N–H and O–H groups in total. The summed E-state index contributed by atoms with van der Waals surface area (Å²) < 4.78 is 0. The van der Waals surface area contributed by atoms with Gasteiger partial charge in [0.1, 0.15) is 0 Å². The SMILES string of the molecule is [CH3-].[CH3-].[NH2-].[NH2-].[Ru+6].[SH-].[SH-]. The molecule has 50 valence electrons. The van der Waals surface area contributed by atoms with Crippen LogP contribution in [0.5, 0.6) is 0 Å². The van der Waals surface area contributed by atoms with Crippen LogP contribution in [0.3, 0.4) is 0 Å². The summed E-state index contributed by atoms with van der Waals surface area (Å²) in [5.74, 6) is 0. The molecule has 0 bridgehead atoms. The molecule has 0 saturated heterocycles. The fraction of sp³-hybridized carbons (Fsp3) is 0. The van der Waals surface area contributed by atoms with Crippen molar-refractivity contribution in [1.29, 1.82) is 0 Å². The van der Waals surface area contributed by atoms with E-state index in [0.29, 0.717) is 0 Å². The standard InChI is InChI=1S/2CH3.2H2N.Ru.2H2S/h2*1H3;2*1H2;;2*1H2/q4*-1;+6;;/p-2. The summed E-state index contributed by atoms with van der Waals surface area (Å²) in [6, 6.07) is 0. The summed E-state index contributed by atoms with van der Waals surface area (Å²) in [7, 11) is 0. The number of hydrogen-bond donors (Lipinski definition) is 0. The van der Waals surface area contributed by atoms with Gasteiger partial charge in [0.2, 0.25) is 0 Å². The minimum atomic E-state index is 0. The van der Waals surface area contributed by atoms with E-state index in [0.717, 1.165) is 0 Å². The van der Waals surface area contributed by atoms with Gasteiger partial charge in [-0.3, -0.25) is 0 Å². The Morgan fingerprint density at radius 2 is 0.571 bits per heavy atom. The van der Waals surface area contributed by atoms with E-state index in [1.54, 1.807) is 0 Å². The van der Waals surface area contributed by atoms with Gasteiger partial charge in [0.05, 0.1) is 0 Å². The summed E-state index contributed by atoms with van der Waals surface area (Å²) in [6.45, 7) is 0. The van der Waals surface area contributed by atoms with E-state index < -0.39 is 0 Å². The zero-order valence-electron chi connectivity index (χ0n) is 4.40. The van der Waals surface area contributed by atoms with Gasteiger partial charge in [-0.25, -0.2) is 0 Å². The molecule has 0 aliphatic rings. The fourth-order valence-electron chi connectivity index (χ4n) is 0. The Bertz CT molecular complexity index is 13.7. The van der Waals surface area contributed by atoms with Crippen molar-refractivity contribution < 1.29 is 19.5 Å². The Balaban J connectivity index is 0. The molecule has 0 fully saturated rings. The van der Waals surface area contributed by atoms with Gasteiger partial charge in [0.15, 0.2) is 0 Å². The van der Waals surface area contributed by atoms with Crippen LogP contribution in [0.15, 0.2) is 0 Å². The maximum atomic E-state index is 0. The van der Waals surface area contributed by atoms with Crippen LogP contribution < -0.4 is 0 Å². The second-order valence-corrected chi connectivity index (χ2v) is 0. The van der Waals surface area contributed by atoms with E-state index in [1.807, 2.05) is 0 Å². The van der Waals surface area contributed by atoms with Gasteiger partial charge in [-0.2, -0.15) is 0 Å². The molecule has 2 nitrogen and oxygen atoms in total. The summed E-state index contributed by atoms with van der Waals surface area (Å²) in [4.78, 5) is 0. The topological polar surface area (TPSA) is 67.0 Å². The maximum absolute atomic E-state index is 0. The van der Waals surface area contributed by atoms with Crippen LogP contribution in [0.1, 0.15) is 0 Å².